The Kier molecular flexibility index (Phi) is 14.8. The lowest BCUT2D eigenvalue weighted by Crippen LogP contribution is -2.30. The van der Waals surface area contributed by atoms with Crippen LogP contribution in [0.1, 0.15) is 85.5 Å². The summed E-state index contributed by atoms with van der Waals surface area (Å²) in [4.78, 5) is 2.66. The first kappa shape index (κ1) is 20.9. The van der Waals surface area contributed by atoms with Gasteiger partial charge in [0.25, 0.3) is 0 Å². The monoisotopic (exact) mass is 298 g/mol. The van der Waals surface area contributed by atoms with Crippen molar-refractivity contribution in [1.82, 2.24) is 4.90 Å². The fourth-order valence-corrected chi connectivity index (χ4v) is 2.85. The quantitative estimate of drug-likeness (QED) is 0.457. The van der Waals surface area contributed by atoms with Crippen LogP contribution in [-0.4, -0.2) is 31.1 Å². The molecule has 0 aliphatic rings. The van der Waals surface area contributed by atoms with Crippen molar-refractivity contribution in [3.8, 4) is 0 Å². The molecular weight excluding hydrogens is 256 g/mol. The third kappa shape index (κ3) is 13.3. The van der Waals surface area contributed by atoms with Crippen LogP contribution in [0.4, 0.5) is 0 Å². The highest BCUT2D eigenvalue weighted by molar-refractivity contribution is 4.64. The molecule has 2 heteroatoms. The lowest BCUT2D eigenvalue weighted by atomic mass is 9.99. The molecule has 0 heterocycles. The van der Waals surface area contributed by atoms with E-state index >= 15 is 0 Å². The van der Waals surface area contributed by atoms with Crippen molar-refractivity contribution in [3.05, 3.63) is 0 Å². The average Bonchev–Trinajstić information content (AvgIpc) is 2.49. The van der Waals surface area contributed by atoms with Crippen LogP contribution < -0.4 is 5.73 Å². The van der Waals surface area contributed by atoms with E-state index in [4.69, 9.17) is 5.73 Å². The van der Waals surface area contributed by atoms with Crippen LogP contribution in [0, 0.1) is 11.8 Å². The largest absolute Gasteiger partial charge is 0.330 e. The van der Waals surface area contributed by atoms with Gasteiger partial charge in [0, 0.05) is 0 Å². The zero-order valence-electron chi connectivity index (χ0n) is 15.4. The maximum atomic E-state index is 5.69. The number of rotatable bonds is 15. The van der Waals surface area contributed by atoms with Crippen molar-refractivity contribution < 1.29 is 0 Å². The second-order valence-electron chi connectivity index (χ2n) is 7.06. The molecule has 0 aromatic carbocycles. The maximum absolute atomic E-state index is 5.69. The van der Waals surface area contributed by atoms with E-state index in [-0.39, 0.29) is 0 Å². The average molecular weight is 299 g/mol. The summed E-state index contributed by atoms with van der Waals surface area (Å²) in [5.74, 6) is 1.76. The fourth-order valence-electron chi connectivity index (χ4n) is 2.85. The summed E-state index contributed by atoms with van der Waals surface area (Å²) in [6.07, 6.45) is 12.1. The lowest BCUT2D eigenvalue weighted by molar-refractivity contribution is 0.231. The van der Waals surface area contributed by atoms with Crippen molar-refractivity contribution in [2.24, 2.45) is 17.6 Å². The summed E-state index contributed by atoms with van der Waals surface area (Å²) in [6, 6.07) is 0. The van der Waals surface area contributed by atoms with Crippen molar-refractivity contribution in [3.63, 3.8) is 0 Å². The van der Waals surface area contributed by atoms with E-state index < -0.39 is 0 Å². The number of hydrogen-bond donors (Lipinski definition) is 1. The van der Waals surface area contributed by atoms with E-state index in [9.17, 15) is 0 Å². The summed E-state index contributed by atoms with van der Waals surface area (Å²) >= 11 is 0. The molecule has 0 aliphatic carbocycles. The molecule has 2 N–H and O–H groups in total. The van der Waals surface area contributed by atoms with E-state index in [1.165, 1.54) is 71.0 Å². The van der Waals surface area contributed by atoms with Gasteiger partial charge in [0.05, 0.1) is 0 Å². The SMILES string of the molecule is CCCCC(C)CCN(CCCN)CCC(C)CCCC. The van der Waals surface area contributed by atoms with E-state index in [0.717, 1.165) is 24.8 Å². The molecule has 21 heavy (non-hydrogen) atoms. The minimum absolute atomic E-state index is 0.827. The van der Waals surface area contributed by atoms with Crippen LogP contribution in [0.5, 0.6) is 0 Å². The molecule has 0 saturated heterocycles. The molecule has 0 bridgehead atoms. The Morgan fingerprint density at radius 3 is 1.57 bits per heavy atom. The van der Waals surface area contributed by atoms with E-state index in [0.29, 0.717) is 0 Å². The van der Waals surface area contributed by atoms with Crippen LogP contribution in [0.15, 0.2) is 0 Å². The first-order valence-electron chi connectivity index (χ1n) is 9.56. The van der Waals surface area contributed by atoms with Gasteiger partial charge in [-0.15, -0.1) is 0 Å². The Labute approximate surface area is 134 Å². The Balaban J connectivity index is 3.95. The van der Waals surface area contributed by atoms with Crippen molar-refractivity contribution in [2.75, 3.05) is 26.2 Å². The van der Waals surface area contributed by atoms with Crippen LogP contribution in [0.3, 0.4) is 0 Å². The van der Waals surface area contributed by atoms with Crippen molar-refractivity contribution >= 4 is 0 Å². The molecule has 0 rings (SSSR count). The summed E-state index contributed by atoms with van der Waals surface area (Å²) in [6.45, 7) is 14.0. The van der Waals surface area contributed by atoms with Crippen molar-refractivity contribution in [2.45, 2.75) is 85.5 Å². The second-order valence-corrected chi connectivity index (χ2v) is 7.06. The summed E-state index contributed by atoms with van der Waals surface area (Å²) in [7, 11) is 0. The summed E-state index contributed by atoms with van der Waals surface area (Å²) < 4.78 is 0. The molecule has 0 radical (unpaired) electrons. The van der Waals surface area contributed by atoms with Crippen LogP contribution >= 0.6 is 0 Å². The highest BCUT2D eigenvalue weighted by atomic mass is 15.1. The van der Waals surface area contributed by atoms with Gasteiger partial charge in [-0.3, -0.25) is 0 Å². The topological polar surface area (TPSA) is 29.3 Å². The lowest BCUT2D eigenvalue weighted by Gasteiger charge is -2.25. The van der Waals surface area contributed by atoms with Gasteiger partial charge in [0.2, 0.25) is 0 Å². The molecule has 0 amide bonds. The molecule has 0 aromatic heterocycles. The van der Waals surface area contributed by atoms with Gasteiger partial charge < -0.3 is 10.6 Å². The molecule has 2 nitrogen and oxygen atoms in total. The fraction of sp³-hybridized carbons (Fsp3) is 1.00. The van der Waals surface area contributed by atoms with Gasteiger partial charge in [-0.05, 0) is 57.3 Å². The smallest absolute Gasteiger partial charge is 0.000671 e. The Bertz CT molecular complexity index is 188. The Morgan fingerprint density at radius 1 is 0.714 bits per heavy atom. The van der Waals surface area contributed by atoms with E-state index in [1.54, 1.807) is 0 Å². The third-order valence-electron chi connectivity index (χ3n) is 4.66. The van der Waals surface area contributed by atoms with Gasteiger partial charge in [-0.2, -0.15) is 0 Å². The van der Waals surface area contributed by atoms with Crippen LogP contribution in [-0.2, 0) is 0 Å². The number of nitrogens with two attached hydrogens (primary N) is 1. The summed E-state index contributed by atoms with van der Waals surface area (Å²) in [5.41, 5.74) is 5.69. The predicted molar refractivity (Wildman–Crippen MR) is 96.7 cm³/mol. The molecule has 0 saturated carbocycles. The number of unbranched alkanes of at least 4 members (excludes halogenated alkanes) is 2. The Morgan fingerprint density at radius 2 is 1.19 bits per heavy atom. The first-order chi connectivity index (χ1) is 10.1. The number of hydrogen-bond acceptors (Lipinski definition) is 2. The summed E-state index contributed by atoms with van der Waals surface area (Å²) in [5, 5.41) is 0. The molecular formula is C19H42N2. The minimum Gasteiger partial charge on any atom is -0.330 e. The van der Waals surface area contributed by atoms with Gasteiger partial charge in [0.15, 0.2) is 0 Å². The zero-order valence-corrected chi connectivity index (χ0v) is 15.4. The normalized spacial score (nSPS) is 14.6. The molecule has 0 fully saturated rings. The van der Waals surface area contributed by atoms with E-state index in [1.807, 2.05) is 0 Å². The molecule has 128 valence electrons. The minimum atomic E-state index is 0.827. The Hall–Kier alpha value is -0.0800. The second kappa shape index (κ2) is 14.8. The van der Waals surface area contributed by atoms with Gasteiger partial charge in [-0.1, -0.05) is 66.2 Å². The molecule has 2 atom stereocenters. The molecule has 0 aliphatic heterocycles. The third-order valence-corrected chi connectivity index (χ3v) is 4.66. The molecule has 2 unspecified atom stereocenters. The van der Waals surface area contributed by atoms with E-state index in [2.05, 4.69) is 32.6 Å². The van der Waals surface area contributed by atoms with Crippen LogP contribution in [0.25, 0.3) is 0 Å². The highest BCUT2D eigenvalue weighted by Gasteiger charge is 2.10. The predicted octanol–water partition coefficient (Wildman–Crippen LogP) is 5.07. The van der Waals surface area contributed by atoms with Gasteiger partial charge in [-0.25, -0.2) is 0 Å². The van der Waals surface area contributed by atoms with Crippen molar-refractivity contribution in [1.29, 1.82) is 0 Å². The first-order valence-corrected chi connectivity index (χ1v) is 9.56. The molecule has 0 spiro atoms. The standard InChI is InChI=1S/C19H42N2/c1-5-7-10-18(3)12-16-21(15-9-14-20)17-13-19(4)11-8-6-2/h18-19H,5-17,20H2,1-4H3. The maximum Gasteiger partial charge on any atom is -0.000671 e. The van der Waals surface area contributed by atoms with Gasteiger partial charge >= 0.3 is 0 Å². The highest BCUT2D eigenvalue weighted by Crippen LogP contribution is 2.15. The zero-order chi connectivity index (χ0) is 15.9. The number of nitrogens with zero attached hydrogens (tertiary/aromatic N) is 1. The molecule has 0 aromatic rings. The van der Waals surface area contributed by atoms with Crippen LogP contribution in [0.2, 0.25) is 0 Å². The van der Waals surface area contributed by atoms with Gasteiger partial charge in [0.1, 0.15) is 0 Å².